The van der Waals surface area contributed by atoms with Crippen molar-refractivity contribution in [3.05, 3.63) is 29.8 Å². The Balaban J connectivity index is 1.55. The zero-order chi connectivity index (χ0) is 15.6. The van der Waals surface area contributed by atoms with E-state index in [-0.39, 0.29) is 5.91 Å². The summed E-state index contributed by atoms with van der Waals surface area (Å²) < 4.78 is 10.4. The summed E-state index contributed by atoms with van der Waals surface area (Å²) in [4.78, 5) is 13.3. The predicted octanol–water partition coefficient (Wildman–Crippen LogP) is -0.0403. The van der Waals surface area contributed by atoms with Crippen LogP contribution in [0.2, 0.25) is 0 Å². The highest BCUT2D eigenvalue weighted by Crippen LogP contribution is 2.16. The number of thioether (sulfide) groups is 1. The van der Waals surface area contributed by atoms with Gasteiger partial charge in [0.25, 0.3) is 0 Å². The summed E-state index contributed by atoms with van der Waals surface area (Å²) in [6.45, 7) is 5.49. The molecule has 22 heavy (non-hydrogen) atoms. The number of benzene rings is 1. The molecule has 0 bridgehead atoms. The molecule has 2 N–H and O–H groups in total. The molecule has 0 saturated carbocycles. The monoisotopic (exact) mass is 325 g/mol. The van der Waals surface area contributed by atoms with Gasteiger partial charge in [-0.05, 0) is 17.7 Å². The Labute approximate surface area is 136 Å². The minimum Gasteiger partial charge on any atom is -0.497 e. The average molecular weight is 325 g/mol. The number of hydrogen-bond acceptors (Lipinski definition) is 4. The van der Waals surface area contributed by atoms with Crippen molar-refractivity contribution in [3.63, 3.8) is 0 Å². The molecule has 0 aliphatic carbocycles. The quantitative estimate of drug-likeness (QED) is 0.704. The molecule has 122 valence electrons. The second kappa shape index (κ2) is 9.71. The zero-order valence-corrected chi connectivity index (χ0v) is 13.9. The highest BCUT2D eigenvalue weighted by molar-refractivity contribution is 7.99. The summed E-state index contributed by atoms with van der Waals surface area (Å²) in [6.07, 6.45) is 0. The molecule has 1 aliphatic heterocycles. The van der Waals surface area contributed by atoms with E-state index in [9.17, 15) is 4.79 Å². The molecule has 1 heterocycles. The third-order valence-electron chi connectivity index (χ3n) is 3.66. The summed E-state index contributed by atoms with van der Waals surface area (Å²) in [5.74, 6) is 2.32. The van der Waals surface area contributed by atoms with Crippen molar-refractivity contribution in [2.75, 3.05) is 52.3 Å². The van der Waals surface area contributed by atoms with Crippen LogP contribution in [0.3, 0.4) is 0 Å². The Morgan fingerprint density at radius 1 is 1.32 bits per heavy atom. The summed E-state index contributed by atoms with van der Waals surface area (Å²) >= 11 is 1.63. The van der Waals surface area contributed by atoms with E-state index in [0.717, 1.165) is 50.9 Å². The van der Waals surface area contributed by atoms with Gasteiger partial charge in [-0.15, -0.1) is 11.8 Å². The van der Waals surface area contributed by atoms with Crippen LogP contribution in [-0.2, 0) is 15.3 Å². The molecule has 6 heteroatoms. The van der Waals surface area contributed by atoms with E-state index < -0.39 is 0 Å². The highest BCUT2D eigenvalue weighted by atomic mass is 32.2. The SMILES string of the molecule is COc1ccc(CSCC(=O)NCC[NH+]2CCOCC2)cc1. The fraction of sp³-hybridized carbons (Fsp3) is 0.562. The second-order valence-electron chi connectivity index (χ2n) is 5.30. The topological polar surface area (TPSA) is 52.0 Å². The number of ether oxygens (including phenoxy) is 2. The molecule has 1 saturated heterocycles. The van der Waals surface area contributed by atoms with Crippen LogP contribution in [-0.4, -0.2) is 58.2 Å². The molecule has 1 amide bonds. The van der Waals surface area contributed by atoms with Gasteiger partial charge in [0, 0.05) is 5.75 Å². The fourth-order valence-corrected chi connectivity index (χ4v) is 3.14. The van der Waals surface area contributed by atoms with E-state index in [2.05, 4.69) is 5.32 Å². The minimum atomic E-state index is 0.117. The summed E-state index contributed by atoms with van der Waals surface area (Å²) in [5, 5.41) is 2.99. The van der Waals surface area contributed by atoms with E-state index in [1.54, 1.807) is 18.9 Å². The van der Waals surface area contributed by atoms with Crippen LogP contribution in [0.1, 0.15) is 5.56 Å². The van der Waals surface area contributed by atoms with Crippen LogP contribution < -0.4 is 15.0 Å². The molecule has 0 radical (unpaired) electrons. The number of hydrogen-bond donors (Lipinski definition) is 2. The van der Waals surface area contributed by atoms with Crippen molar-refractivity contribution in [1.82, 2.24) is 5.32 Å². The van der Waals surface area contributed by atoms with Crippen molar-refractivity contribution in [3.8, 4) is 5.75 Å². The second-order valence-corrected chi connectivity index (χ2v) is 6.29. The largest absolute Gasteiger partial charge is 0.497 e. The molecule has 1 aliphatic rings. The number of carbonyl (C=O) groups excluding carboxylic acids is 1. The van der Waals surface area contributed by atoms with Crippen LogP contribution in [0.25, 0.3) is 0 Å². The summed E-state index contributed by atoms with van der Waals surface area (Å²) in [6, 6.07) is 7.96. The number of quaternary nitrogens is 1. The maximum atomic E-state index is 11.8. The molecule has 0 spiro atoms. The maximum Gasteiger partial charge on any atom is 0.230 e. The van der Waals surface area contributed by atoms with Crippen molar-refractivity contribution in [2.45, 2.75) is 5.75 Å². The fourth-order valence-electron chi connectivity index (χ4n) is 2.32. The van der Waals surface area contributed by atoms with Gasteiger partial charge in [0.2, 0.25) is 5.91 Å². The van der Waals surface area contributed by atoms with Crippen LogP contribution in [0.5, 0.6) is 5.75 Å². The first kappa shape index (κ1) is 17.1. The van der Waals surface area contributed by atoms with E-state index in [4.69, 9.17) is 9.47 Å². The van der Waals surface area contributed by atoms with Gasteiger partial charge in [0.15, 0.2) is 0 Å². The number of nitrogens with one attached hydrogen (secondary N) is 2. The number of carbonyl (C=O) groups is 1. The minimum absolute atomic E-state index is 0.117. The Kier molecular flexibility index (Phi) is 7.56. The normalized spacial score (nSPS) is 15.5. The number of morpholine rings is 1. The lowest BCUT2D eigenvalue weighted by Crippen LogP contribution is -3.14. The van der Waals surface area contributed by atoms with Crippen LogP contribution >= 0.6 is 11.8 Å². The first-order valence-electron chi connectivity index (χ1n) is 7.66. The van der Waals surface area contributed by atoms with E-state index in [0.29, 0.717) is 5.75 Å². The standard InChI is InChI=1S/C16H24N2O3S/c1-20-15-4-2-14(3-5-15)12-22-13-16(19)17-6-7-18-8-10-21-11-9-18/h2-5H,6-13H2,1H3,(H,17,19)/p+1. The highest BCUT2D eigenvalue weighted by Gasteiger charge is 2.13. The number of amides is 1. The van der Waals surface area contributed by atoms with Crippen molar-refractivity contribution in [2.24, 2.45) is 0 Å². The molecule has 0 unspecified atom stereocenters. The van der Waals surface area contributed by atoms with Crippen LogP contribution in [0.15, 0.2) is 24.3 Å². The predicted molar refractivity (Wildman–Crippen MR) is 88.5 cm³/mol. The Morgan fingerprint density at radius 3 is 2.73 bits per heavy atom. The average Bonchev–Trinajstić information content (AvgIpc) is 2.56. The number of methoxy groups -OCH3 is 1. The van der Waals surface area contributed by atoms with Crippen molar-refractivity contribution in [1.29, 1.82) is 0 Å². The Bertz CT molecular complexity index is 447. The van der Waals surface area contributed by atoms with Crippen molar-refractivity contribution < 1.29 is 19.2 Å². The first-order valence-corrected chi connectivity index (χ1v) is 8.82. The molecule has 1 fully saturated rings. The molecule has 0 atom stereocenters. The first-order chi connectivity index (χ1) is 10.8. The van der Waals surface area contributed by atoms with E-state index in [1.807, 2.05) is 24.3 Å². The van der Waals surface area contributed by atoms with Gasteiger partial charge in [-0.2, -0.15) is 0 Å². The molecule has 5 nitrogen and oxygen atoms in total. The van der Waals surface area contributed by atoms with Gasteiger partial charge in [-0.25, -0.2) is 0 Å². The molecular weight excluding hydrogens is 300 g/mol. The molecular formula is C16H25N2O3S+. The lowest BCUT2D eigenvalue weighted by atomic mass is 10.2. The van der Waals surface area contributed by atoms with E-state index >= 15 is 0 Å². The van der Waals surface area contributed by atoms with E-state index in [1.165, 1.54) is 10.5 Å². The lowest BCUT2D eigenvalue weighted by molar-refractivity contribution is -0.906. The maximum absolute atomic E-state index is 11.8. The smallest absolute Gasteiger partial charge is 0.230 e. The van der Waals surface area contributed by atoms with Gasteiger partial charge in [0.1, 0.15) is 18.8 Å². The third-order valence-corrected chi connectivity index (χ3v) is 4.67. The zero-order valence-electron chi connectivity index (χ0n) is 13.1. The summed E-state index contributed by atoms with van der Waals surface area (Å²) in [7, 11) is 1.66. The number of rotatable bonds is 8. The molecule has 1 aromatic carbocycles. The third kappa shape index (κ3) is 6.25. The lowest BCUT2D eigenvalue weighted by Gasteiger charge is -2.23. The van der Waals surface area contributed by atoms with Crippen LogP contribution in [0.4, 0.5) is 0 Å². The molecule has 2 rings (SSSR count). The molecule has 1 aromatic rings. The van der Waals surface area contributed by atoms with Gasteiger partial charge < -0.3 is 19.7 Å². The van der Waals surface area contributed by atoms with Gasteiger partial charge in [-0.1, -0.05) is 12.1 Å². The summed E-state index contributed by atoms with van der Waals surface area (Å²) in [5.41, 5.74) is 1.20. The van der Waals surface area contributed by atoms with Gasteiger partial charge in [-0.3, -0.25) is 4.79 Å². The van der Waals surface area contributed by atoms with Crippen molar-refractivity contribution >= 4 is 17.7 Å². The van der Waals surface area contributed by atoms with Gasteiger partial charge >= 0.3 is 0 Å². The Hall–Kier alpha value is -1.24. The molecule has 0 aromatic heterocycles. The van der Waals surface area contributed by atoms with Crippen LogP contribution in [0, 0.1) is 0 Å². The Morgan fingerprint density at radius 2 is 2.05 bits per heavy atom. The van der Waals surface area contributed by atoms with Gasteiger partial charge in [0.05, 0.1) is 39.2 Å².